The van der Waals surface area contributed by atoms with Gasteiger partial charge in [-0.25, -0.2) is 9.97 Å². The number of imidazole rings is 1. The zero-order chi connectivity index (χ0) is 20.8. The summed E-state index contributed by atoms with van der Waals surface area (Å²) in [6.07, 6.45) is 2.54. The Balaban J connectivity index is 1.49. The van der Waals surface area contributed by atoms with Crippen LogP contribution in [0.4, 0.5) is 0 Å². The Morgan fingerprint density at radius 2 is 1.87 bits per heavy atom. The number of nitrogens with one attached hydrogen (secondary N) is 1. The molecule has 1 N–H and O–H groups in total. The van der Waals surface area contributed by atoms with Gasteiger partial charge in [0.2, 0.25) is 5.91 Å². The number of thioether (sulfide) groups is 1. The van der Waals surface area contributed by atoms with Gasteiger partial charge in [0, 0.05) is 12.7 Å². The second kappa shape index (κ2) is 9.45. The van der Waals surface area contributed by atoms with E-state index in [0.29, 0.717) is 11.7 Å². The Kier molecular flexibility index (Phi) is 6.29. The lowest BCUT2D eigenvalue weighted by molar-refractivity contribution is -0.118. The van der Waals surface area contributed by atoms with Crippen molar-refractivity contribution in [2.75, 3.05) is 19.4 Å². The molecule has 2 aromatic heterocycles. The fourth-order valence-corrected chi connectivity index (χ4v) is 4.03. The molecule has 2 heterocycles. The summed E-state index contributed by atoms with van der Waals surface area (Å²) in [7, 11) is 1.64. The number of methoxy groups -OCH3 is 1. The second-order valence-corrected chi connectivity index (χ2v) is 7.56. The first-order chi connectivity index (χ1) is 14.8. The van der Waals surface area contributed by atoms with Gasteiger partial charge in [0.25, 0.3) is 0 Å². The van der Waals surface area contributed by atoms with Gasteiger partial charge in [-0.2, -0.15) is 0 Å². The molecule has 0 saturated carbocycles. The first-order valence-electron chi connectivity index (χ1n) is 9.66. The molecule has 2 aromatic carbocycles. The summed E-state index contributed by atoms with van der Waals surface area (Å²) in [5, 5.41) is 3.68. The van der Waals surface area contributed by atoms with Crippen LogP contribution in [0, 0.1) is 0 Å². The highest BCUT2D eigenvalue weighted by atomic mass is 32.2. The van der Waals surface area contributed by atoms with Gasteiger partial charge in [-0.05, 0) is 36.2 Å². The van der Waals surface area contributed by atoms with Crippen LogP contribution in [0.15, 0.2) is 78.1 Å². The minimum Gasteiger partial charge on any atom is -0.495 e. The van der Waals surface area contributed by atoms with E-state index < -0.39 is 0 Å². The number of carbonyl (C=O) groups is 1. The Hall–Kier alpha value is -3.32. The fourth-order valence-electron chi connectivity index (χ4n) is 3.19. The van der Waals surface area contributed by atoms with Crippen molar-refractivity contribution in [3.8, 4) is 11.4 Å². The van der Waals surface area contributed by atoms with Crippen molar-refractivity contribution < 1.29 is 9.53 Å². The normalized spacial score (nSPS) is 10.8. The van der Waals surface area contributed by atoms with Gasteiger partial charge < -0.3 is 10.1 Å². The number of para-hydroxylation sites is 2. The van der Waals surface area contributed by atoms with Gasteiger partial charge in [-0.1, -0.05) is 54.2 Å². The summed E-state index contributed by atoms with van der Waals surface area (Å²) < 4.78 is 7.47. The first-order valence-corrected chi connectivity index (χ1v) is 10.6. The maximum absolute atomic E-state index is 12.4. The van der Waals surface area contributed by atoms with Gasteiger partial charge >= 0.3 is 0 Å². The molecule has 0 saturated heterocycles. The molecule has 6 nitrogen and oxygen atoms in total. The molecule has 0 fully saturated rings. The van der Waals surface area contributed by atoms with Gasteiger partial charge in [-0.3, -0.25) is 9.36 Å². The van der Waals surface area contributed by atoms with Crippen LogP contribution in [0.5, 0.6) is 5.75 Å². The summed E-state index contributed by atoms with van der Waals surface area (Å²) >= 11 is 1.39. The molecule has 7 heteroatoms. The Labute approximate surface area is 179 Å². The number of hydrogen-bond acceptors (Lipinski definition) is 5. The zero-order valence-electron chi connectivity index (χ0n) is 16.6. The first kappa shape index (κ1) is 20.0. The molecule has 152 valence electrons. The molecule has 0 unspecified atom stereocenters. The van der Waals surface area contributed by atoms with E-state index in [9.17, 15) is 4.79 Å². The van der Waals surface area contributed by atoms with Crippen LogP contribution in [0.25, 0.3) is 16.9 Å². The molecular weight excluding hydrogens is 396 g/mol. The number of pyridine rings is 1. The van der Waals surface area contributed by atoms with Gasteiger partial charge in [0.1, 0.15) is 11.3 Å². The van der Waals surface area contributed by atoms with E-state index >= 15 is 0 Å². The Bertz CT molecular complexity index is 1140. The predicted molar refractivity (Wildman–Crippen MR) is 119 cm³/mol. The van der Waals surface area contributed by atoms with Gasteiger partial charge in [-0.15, -0.1) is 0 Å². The molecule has 0 atom stereocenters. The van der Waals surface area contributed by atoms with E-state index in [-0.39, 0.29) is 11.7 Å². The molecule has 4 aromatic rings. The number of benzene rings is 2. The van der Waals surface area contributed by atoms with E-state index in [1.165, 1.54) is 17.3 Å². The number of carbonyl (C=O) groups excluding carboxylic acids is 1. The third-order valence-electron chi connectivity index (χ3n) is 4.62. The van der Waals surface area contributed by atoms with Crippen LogP contribution in [0.1, 0.15) is 5.56 Å². The highest BCUT2D eigenvalue weighted by molar-refractivity contribution is 7.99. The average Bonchev–Trinajstić information content (AvgIpc) is 3.16. The summed E-state index contributed by atoms with van der Waals surface area (Å²) in [5.41, 5.74) is 3.55. The predicted octanol–water partition coefficient (Wildman–Crippen LogP) is 3.88. The number of fused-ring (bicyclic) bond motifs is 1. The minimum atomic E-state index is -0.0254. The van der Waals surface area contributed by atoms with Crippen LogP contribution < -0.4 is 10.1 Å². The molecule has 4 rings (SSSR count). The average molecular weight is 419 g/mol. The van der Waals surface area contributed by atoms with Crippen molar-refractivity contribution in [3.05, 3.63) is 78.5 Å². The number of nitrogens with zero attached hydrogens (tertiary/aromatic N) is 3. The lowest BCUT2D eigenvalue weighted by Crippen LogP contribution is -2.27. The molecule has 0 aliphatic carbocycles. The van der Waals surface area contributed by atoms with E-state index in [1.807, 2.05) is 59.2 Å². The SMILES string of the molecule is COc1ccccc1-n1c(SCC(=O)NCCc2ccccc2)nc2cccnc21. The molecule has 0 aliphatic heterocycles. The van der Waals surface area contributed by atoms with E-state index in [0.717, 1.165) is 29.0 Å². The number of amides is 1. The van der Waals surface area contributed by atoms with Crippen LogP contribution in [-0.4, -0.2) is 39.8 Å². The summed E-state index contributed by atoms with van der Waals surface area (Å²) in [5.74, 6) is 0.965. The van der Waals surface area contributed by atoms with Crippen LogP contribution in [-0.2, 0) is 11.2 Å². The van der Waals surface area contributed by atoms with Crippen LogP contribution >= 0.6 is 11.8 Å². The second-order valence-electron chi connectivity index (χ2n) is 6.62. The van der Waals surface area contributed by atoms with E-state index in [2.05, 4.69) is 22.4 Å². The number of rotatable bonds is 8. The van der Waals surface area contributed by atoms with Crippen molar-refractivity contribution in [1.82, 2.24) is 19.9 Å². The van der Waals surface area contributed by atoms with Crippen LogP contribution in [0.3, 0.4) is 0 Å². The summed E-state index contributed by atoms with van der Waals surface area (Å²) in [4.78, 5) is 21.6. The molecular formula is C23H22N4O2S. The number of aromatic nitrogens is 3. The van der Waals surface area contributed by atoms with E-state index in [1.54, 1.807) is 13.3 Å². The molecule has 0 bridgehead atoms. The third-order valence-corrected chi connectivity index (χ3v) is 5.56. The minimum absolute atomic E-state index is 0.0254. The summed E-state index contributed by atoms with van der Waals surface area (Å²) in [6.45, 7) is 0.605. The highest BCUT2D eigenvalue weighted by Crippen LogP contribution is 2.31. The largest absolute Gasteiger partial charge is 0.495 e. The Morgan fingerprint density at radius 3 is 2.70 bits per heavy atom. The van der Waals surface area contributed by atoms with Crippen molar-refractivity contribution in [2.45, 2.75) is 11.6 Å². The van der Waals surface area contributed by atoms with Crippen LogP contribution in [0.2, 0.25) is 0 Å². The summed E-state index contributed by atoms with van der Waals surface area (Å²) in [6, 6.07) is 21.6. The topological polar surface area (TPSA) is 69.0 Å². The maximum Gasteiger partial charge on any atom is 0.230 e. The van der Waals surface area contributed by atoms with E-state index in [4.69, 9.17) is 9.72 Å². The fraction of sp³-hybridized carbons (Fsp3) is 0.174. The third kappa shape index (κ3) is 4.46. The zero-order valence-corrected chi connectivity index (χ0v) is 17.4. The Morgan fingerprint density at radius 1 is 1.07 bits per heavy atom. The highest BCUT2D eigenvalue weighted by Gasteiger charge is 2.17. The van der Waals surface area contributed by atoms with Gasteiger partial charge in [0.15, 0.2) is 10.8 Å². The van der Waals surface area contributed by atoms with Gasteiger partial charge in [0.05, 0.1) is 18.6 Å². The van der Waals surface area contributed by atoms with Crippen molar-refractivity contribution >= 4 is 28.8 Å². The van der Waals surface area contributed by atoms with Crippen molar-refractivity contribution in [3.63, 3.8) is 0 Å². The lowest BCUT2D eigenvalue weighted by Gasteiger charge is -2.12. The molecule has 0 aliphatic rings. The van der Waals surface area contributed by atoms with Crippen molar-refractivity contribution in [1.29, 1.82) is 0 Å². The smallest absolute Gasteiger partial charge is 0.230 e. The monoisotopic (exact) mass is 418 g/mol. The molecule has 0 spiro atoms. The maximum atomic E-state index is 12.4. The quantitative estimate of drug-likeness (QED) is 0.440. The number of ether oxygens (including phenoxy) is 1. The molecule has 30 heavy (non-hydrogen) atoms. The lowest BCUT2D eigenvalue weighted by atomic mass is 10.1. The standard InChI is InChI=1S/C23H22N4O2S/c1-29-20-12-6-5-11-19(20)27-22-18(10-7-14-25-22)26-23(27)30-16-21(28)24-15-13-17-8-3-2-4-9-17/h2-12,14H,13,15-16H2,1H3,(H,24,28). The molecule has 1 amide bonds. The van der Waals surface area contributed by atoms with Crippen molar-refractivity contribution in [2.24, 2.45) is 0 Å². The number of hydrogen-bond donors (Lipinski definition) is 1. The molecule has 0 radical (unpaired) electrons.